The Morgan fingerprint density at radius 2 is 1.88 bits per heavy atom. The summed E-state index contributed by atoms with van der Waals surface area (Å²) in [5.74, 6) is -2.11. The van der Waals surface area contributed by atoms with E-state index in [1.807, 2.05) is 6.92 Å². The number of nitrogens with zero attached hydrogens (tertiary/aromatic N) is 1. The molecule has 0 aromatic heterocycles. The summed E-state index contributed by atoms with van der Waals surface area (Å²) in [5, 5.41) is 10.8. The Bertz CT molecular complexity index is 743. The minimum absolute atomic E-state index is 0.0439. The van der Waals surface area contributed by atoms with Gasteiger partial charge in [-0.15, -0.1) is 0 Å². The van der Waals surface area contributed by atoms with Gasteiger partial charge in [-0.1, -0.05) is 31.2 Å². The molecule has 1 heterocycles. The van der Waals surface area contributed by atoms with E-state index in [9.17, 15) is 19.5 Å². The summed E-state index contributed by atoms with van der Waals surface area (Å²) in [6.07, 6.45) is 2.32. The molecule has 0 atom stereocenters. The number of carbonyl (C=O) groups is 3. The van der Waals surface area contributed by atoms with Crippen molar-refractivity contribution in [3.05, 3.63) is 52.2 Å². The summed E-state index contributed by atoms with van der Waals surface area (Å²) in [5.41, 5.74) is 1.69. The molecule has 126 valence electrons. The maximum absolute atomic E-state index is 12.6. The van der Waals surface area contributed by atoms with Gasteiger partial charge in [0.05, 0.1) is 24.2 Å². The Morgan fingerprint density at radius 3 is 2.38 bits per heavy atom. The van der Waals surface area contributed by atoms with Crippen LogP contribution in [0.25, 0.3) is 6.08 Å². The topological polar surface area (TPSA) is 86.7 Å². The van der Waals surface area contributed by atoms with E-state index >= 15 is 0 Å². The number of benzene rings is 1. The first-order valence-corrected chi connectivity index (χ1v) is 7.55. The number of methoxy groups -OCH3 is 1. The van der Waals surface area contributed by atoms with Gasteiger partial charge in [-0.3, -0.25) is 4.79 Å². The molecule has 24 heavy (non-hydrogen) atoms. The van der Waals surface area contributed by atoms with E-state index in [2.05, 4.69) is 0 Å². The molecule has 1 aliphatic rings. The van der Waals surface area contributed by atoms with Crippen molar-refractivity contribution in [1.29, 1.82) is 0 Å². The molecular formula is C18H18NO5-. The van der Waals surface area contributed by atoms with Crippen LogP contribution in [0.4, 0.5) is 0 Å². The molecular weight excluding hydrogens is 310 g/mol. The smallest absolute Gasteiger partial charge is 0.340 e. The normalized spacial score (nSPS) is 16.0. The van der Waals surface area contributed by atoms with Crippen molar-refractivity contribution >= 4 is 23.9 Å². The average molecular weight is 328 g/mol. The molecule has 0 saturated carbocycles. The first-order chi connectivity index (χ1) is 11.4. The van der Waals surface area contributed by atoms with E-state index < -0.39 is 11.9 Å². The first-order valence-electron chi connectivity index (χ1n) is 7.55. The molecule has 2 rings (SSSR count). The van der Waals surface area contributed by atoms with Crippen molar-refractivity contribution < 1.29 is 24.2 Å². The summed E-state index contributed by atoms with van der Waals surface area (Å²) in [6, 6.07) is 5.88. The molecule has 6 nitrogen and oxygen atoms in total. The standard InChI is InChI=1S/C18H19NO5/c1-4-9-19-11(2)15(18(23)24-3)14(16(19)20)10-12-5-7-13(8-6-12)17(21)22/h5-8,10H,4,9H2,1-3H3,(H,21,22)/p-1/b14-10-. The van der Waals surface area contributed by atoms with Gasteiger partial charge in [0.1, 0.15) is 0 Å². The van der Waals surface area contributed by atoms with Crippen LogP contribution in [-0.4, -0.2) is 36.4 Å². The van der Waals surface area contributed by atoms with E-state index in [0.717, 1.165) is 6.42 Å². The number of hydrogen-bond acceptors (Lipinski definition) is 5. The zero-order valence-corrected chi connectivity index (χ0v) is 13.8. The number of ether oxygens (including phenoxy) is 1. The minimum atomic E-state index is -1.27. The van der Waals surface area contributed by atoms with E-state index in [-0.39, 0.29) is 22.6 Å². The van der Waals surface area contributed by atoms with Gasteiger partial charge in [0.2, 0.25) is 0 Å². The molecule has 0 N–H and O–H groups in total. The second kappa shape index (κ2) is 7.12. The monoisotopic (exact) mass is 328 g/mol. The van der Waals surface area contributed by atoms with Crippen molar-refractivity contribution in [3.8, 4) is 0 Å². The number of carbonyl (C=O) groups excluding carboxylic acids is 3. The lowest BCUT2D eigenvalue weighted by Crippen LogP contribution is -2.25. The van der Waals surface area contributed by atoms with E-state index in [1.54, 1.807) is 30.0 Å². The van der Waals surface area contributed by atoms with Crippen LogP contribution < -0.4 is 5.11 Å². The third kappa shape index (κ3) is 3.22. The molecule has 0 unspecified atom stereocenters. The third-order valence-corrected chi connectivity index (χ3v) is 3.81. The molecule has 1 aromatic carbocycles. The molecule has 0 bridgehead atoms. The van der Waals surface area contributed by atoms with Crippen LogP contribution in [0.15, 0.2) is 41.1 Å². The maximum Gasteiger partial charge on any atom is 0.340 e. The van der Waals surface area contributed by atoms with E-state index in [0.29, 0.717) is 17.8 Å². The predicted octanol–water partition coefficient (Wildman–Crippen LogP) is 1.13. The zero-order chi connectivity index (χ0) is 17.9. The minimum Gasteiger partial charge on any atom is -0.545 e. The number of amides is 1. The second-order valence-corrected chi connectivity index (χ2v) is 5.38. The Hall–Kier alpha value is -2.89. The number of carboxylic acid groups (broad SMARTS) is 1. The molecule has 1 aromatic rings. The Kier molecular flexibility index (Phi) is 5.18. The summed E-state index contributed by atoms with van der Waals surface area (Å²) >= 11 is 0. The van der Waals surface area contributed by atoms with Crippen LogP contribution in [0, 0.1) is 0 Å². The fraction of sp³-hybridized carbons (Fsp3) is 0.278. The largest absolute Gasteiger partial charge is 0.545 e. The quantitative estimate of drug-likeness (QED) is 0.597. The number of hydrogen-bond donors (Lipinski definition) is 0. The number of rotatable bonds is 5. The van der Waals surface area contributed by atoms with Gasteiger partial charge in [0.25, 0.3) is 5.91 Å². The van der Waals surface area contributed by atoms with Gasteiger partial charge in [-0.2, -0.15) is 0 Å². The van der Waals surface area contributed by atoms with E-state index in [1.165, 1.54) is 19.2 Å². The lowest BCUT2D eigenvalue weighted by molar-refractivity contribution is -0.255. The summed E-state index contributed by atoms with van der Waals surface area (Å²) in [7, 11) is 1.27. The van der Waals surface area contributed by atoms with Crippen molar-refractivity contribution in [2.45, 2.75) is 20.3 Å². The highest BCUT2D eigenvalue weighted by atomic mass is 16.5. The van der Waals surface area contributed by atoms with Gasteiger partial charge in [0, 0.05) is 12.2 Å². The van der Waals surface area contributed by atoms with Crippen molar-refractivity contribution in [2.24, 2.45) is 0 Å². The van der Waals surface area contributed by atoms with Crippen molar-refractivity contribution in [1.82, 2.24) is 4.90 Å². The fourth-order valence-electron chi connectivity index (χ4n) is 2.60. The molecule has 0 fully saturated rings. The Labute approximate surface area is 140 Å². The zero-order valence-electron chi connectivity index (χ0n) is 13.8. The summed E-state index contributed by atoms with van der Waals surface area (Å²) < 4.78 is 4.80. The molecule has 0 spiro atoms. The molecule has 1 aliphatic heterocycles. The highest BCUT2D eigenvalue weighted by molar-refractivity contribution is 6.16. The number of allylic oxidation sites excluding steroid dienone is 1. The van der Waals surface area contributed by atoms with Gasteiger partial charge >= 0.3 is 5.97 Å². The Balaban J connectivity index is 2.47. The maximum atomic E-state index is 12.6. The molecule has 0 aliphatic carbocycles. The van der Waals surface area contributed by atoms with Crippen LogP contribution in [0.5, 0.6) is 0 Å². The van der Waals surface area contributed by atoms with Gasteiger partial charge in [-0.25, -0.2) is 4.79 Å². The van der Waals surface area contributed by atoms with Gasteiger partial charge in [-0.05, 0) is 30.5 Å². The summed E-state index contributed by atoms with van der Waals surface area (Å²) in [6.45, 7) is 4.16. The highest BCUT2D eigenvalue weighted by Gasteiger charge is 2.36. The molecule has 0 saturated heterocycles. The number of carboxylic acids is 1. The Morgan fingerprint density at radius 1 is 1.25 bits per heavy atom. The first kappa shape index (κ1) is 17.5. The highest BCUT2D eigenvalue weighted by Crippen LogP contribution is 2.31. The van der Waals surface area contributed by atoms with Crippen molar-refractivity contribution in [3.63, 3.8) is 0 Å². The molecule has 1 amide bonds. The lowest BCUT2D eigenvalue weighted by atomic mass is 10.0. The van der Waals surface area contributed by atoms with Crippen LogP contribution in [-0.2, 0) is 14.3 Å². The number of aromatic carboxylic acids is 1. The average Bonchev–Trinajstić information content (AvgIpc) is 2.79. The van der Waals surface area contributed by atoms with Crippen LogP contribution in [0.1, 0.15) is 36.2 Å². The lowest BCUT2D eigenvalue weighted by Gasteiger charge is -2.16. The molecule has 0 radical (unpaired) electrons. The van der Waals surface area contributed by atoms with Crippen LogP contribution >= 0.6 is 0 Å². The fourth-order valence-corrected chi connectivity index (χ4v) is 2.60. The molecule has 6 heteroatoms. The van der Waals surface area contributed by atoms with Crippen molar-refractivity contribution in [2.75, 3.05) is 13.7 Å². The van der Waals surface area contributed by atoms with Crippen LogP contribution in [0.2, 0.25) is 0 Å². The second-order valence-electron chi connectivity index (χ2n) is 5.38. The van der Waals surface area contributed by atoms with Gasteiger partial charge in [0.15, 0.2) is 0 Å². The van der Waals surface area contributed by atoms with Crippen LogP contribution in [0.3, 0.4) is 0 Å². The SMILES string of the molecule is CCCN1C(=O)/C(=C\c2ccc(C(=O)[O-])cc2)C(C(=O)OC)=C1C. The van der Waals surface area contributed by atoms with Gasteiger partial charge < -0.3 is 19.5 Å². The third-order valence-electron chi connectivity index (χ3n) is 3.81. The number of esters is 1. The summed E-state index contributed by atoms with van der Waals surface area (Å²) in [4.78, 5) is 37.0. The predicted molar refractivity (Wildman–Crippen MR) is 85.5 cm³/mol. The van der Waals surface area contributed by atoms with E-state index in [4.69, 9.17) is 4.74 Å².